The molecule has 0 spiro atoms. The summed E-state index contributed by atoms with van der Waals surface area (Å²) in [7, 11) is 0. The molecular formula is C5H4BrNO2. The molecular weight excluding hydrogens is 186 g/mol. The van der Waals surface area contributed by atoms with Crippen LogP contribution in [0, 0.1) is 0 Å². The average molecular weight is 190 g/mol. The van der Waals surface area contributed by atoms with E-state index < -0.39 is 0 Å². The zero-order valence-electron chi connectivity index (χ0n) is 4.48. The minimum absolute atomic E-state index is 0.236. The fourth-order valence-corrected chi connectivity index (χ4v) is 0.845. The van der Waals surface area contributed by atoms with Crippen molar-refractivity contribution in [3.63, 3.8) is 0 Å². The van der Waals surface area contributed by atoms with Gasteiger partial charge in [-0.05, 0) is 15.9 Å². The third-order valence-corrected chi connectivity index (χ3v) is 1.60. The first-order valence-electron chi connectivity index (χ1n) is 2.30. The molecule has 0 aromatic carbocycles. The molecule has 0 saturated carbocycles. The Morgan fingerprint density at radius 3 is 2.67 bits per heavy atom. The minimum Gasteiger partial charge on any atom is -0.433 e. The first-order valence-corrected chi connectivity index (χ1v) is 3.09. The van der Waals surface area contributed by atoms with Crippen molar-refractivity contribution in [2.45, 2.75) is 6.42 Å². The molecule has 4 heteroatoms. The quantitative estimate of drug-likeness (QED) is 0.570. The monoisotopic (exact) mass is 189 g/mol. The molecule has 0 aromatic heterocycles. The van der Waals surface area contributed by atoms with E-state index in [4.69, 9.17) is 10.5 Å². The van der Waals surface area contributed by atoms with Crippen LogP contribution in [0.15, 0.2) is 16.1 Å². The summed E-state index contributed by atoms with van der Waals surface area (Å²) in [5.74, 6) is 2.11. The van der Waals surface area contributed by atoms with E-state index in [1.807, 2.05) is 0 Å². The number of allylic oxidation sites excluding steroid dienone is 1. The molecule has 0 radical (unpaired) electrons. The van der Waals surface area contributed by atoms with Crippen molar-refractivity contribution in [3.05, 3.63) is 16.1 Å². The van der Waals surface area contributed by atoms with E-state index in [0.717, 1.165) is 0 Å². The van der Waals surface area contributed by atoms with Crippen LogP contribution in [0.5, 0.6) is 0 Å². The summed E-state index contributed by atoms with van der Waals surface area (Å²) in [5.41, 5.74) is 5.26. The van der Waals surface area contributed by atoms with Crippen LogP contribution >= 0.6 is 15.9 Å². The Bertz CT molecular complexity index is 199. The molecule has 3 nitrogen and oxygen atoms in total. The lowest BCUT2D eigenvalue weighted by molar-refractivity contribution is 0.322. The summed E-state index contributed by atoms with van der Waals surface area (Å²) >= 11 is 3.11. The van der Waals surface area contributed by atoms with Crippen LogP contribution in [0.4, 0.5) is 0 Å². The lowest BCUT2D eigenvalue weighted by Gasteiger charge is -1.91. The standard InChI is InChI=1S/C5H4BrNO2/c6-4-1-3(2-8)9-5(4)7/h1,7H2. The number of halogens is 1. The van der Waals surface area contributed by atoms with E-state index in [1.165, 1.54) is 0 Å². The number of hydrogen-bond donors (Lipinski definition) is 1. The lowest BCUT2D eigenvalue weighted by atomic mass is 10.4. The highest BCUT2D eigenvalue weighted by Crippen LogP contribution is 2.26. The van der Waals surface area contributed by atoms with E-state index in [-0.39, 0.29) is 11.6 Å². The molecule has 0 saturated heterocycles. The molecule has 1 aliphatic heterocycles. The predicted molar refractivity (Wildman–Crippen MR) is 35.0 cm³/mol. The molecule has 1 rings (SSSR count). The molecule has 0 aromatic rings. The second-order valence-corrected chi connectivity index (χ2v) is 2.53. The molecule has 0 atom stereocenters. The van der Waals surface area contributed by atoms with Gasteiger partial charge in [-0.3, -0.25) is 0 Å². The van der Waals surface area contributed by atoms with Crippen molar-refractivity contribution in [1.82, 2.24) is 0 Å². The molecule has 1 heterocycles. The Labute approximate surface area is 60.3 Å². The summed E-state index contributed by atoms with van der Waals surface area (Å²) in [5, 5.41) is 0. The molecule has 0 bridgehead atoms. The highest BCUT2D eigenvalue weighted by Gasteiger charge is 2.16. The zero-order chi connectivity index (χ0) is 6.85. The Kier molecular flexibility index (Phi) is 1.60. The van der Waals surface area contributed by atoms with Crippen molar-refractivity contribution >= 4 is 21.9 Å². The average Bonchev–Trinajstić information content (AvgIpc) is 2.13. The van der Waals surface area contributed by atoms with Gasteiger partial charge in [-0.2, -0.15) is 0 Å². The van der Waals surface area contributed by atoms with Gasteiger partial charge in [0.15, 0.2) is 11.7 Å². The fourth-order valence-electron chi connectivity index (χ4n) is 0.509. The summed E-state index contributed by atoms with van der Waals surface area (Å²) in [6.45, 7) is 0. The highest BCUT2D eigenvalue weighted by atomic mass is 79.9. The Balaban J connectivity index is 2.81. The van der Waals surface area contributed by atoms with Crippen LogP contribution < -0.4 is 5.73 Å². The topological polar surface area (TPSA) is 52.3 Å². The summed E-state index contributed by atoms with van der Waals surface area (Å²) in [4.78, 5) is 9.91. The fraction of sp³-hybridized carbons (Fsp3) is 0.200. The molecule has 1 aliphatic rings. The van der Waals surface area contributed by atoms with E-state index in [0.29, 0.717) is 10.9 Å². The number of carbonyl (C=O) groups excluding carboxylic acids is 1. The second-order valence-electron chi connectivity index (χ2n) is 1.57. The van der Waals surface area contributed by atoms with Gasteiger partial charge in [-0.1, -0.05) is 0 Å². The van der Waals surface area contributed by atoms with E-state index in [1.54, 1.807) is 5.94 Å². The Hall–Kier alpha value is -0.730. The molecule has 0 fully saturated rings. The molecule has 0 amide bonds. The SMILES string of the molecule is NC1=C(Br)CC(=C=O)O1. The number of ether oxygens (including phenoxy) is 1. The maximum absolute atomic E-state index is 9.91. The van der Waals surface area contributed by atoms with E-state index in [2.05, 4.69) is 15.9 Å². The molecule has 2 N–H and O–H groups in total. The summed E-state index contributed by atoms with van der Waals surface area (Å²) in [6, 6.07) is 0. The van der Waals surface area contributed by atoms with Gasteiger partial charge in [0.1, 0.15) is 0 Å². The van der Waals surface area contributed by atoms with Crippen molar-refractivity contribution in [2.24, 2.45) is 5.73 Å². The van der Waals surface area contributed by atoms with Gasteiger partial charge in [0.2, 0.25) is 5.88 Å². The third-order valence-electron chi connectivity index (χ3n) is 0.930. The predicted octanol–water partition coefficient (Wildman–Crippen LogP) is 0.645. The number of rotatable bonds is 0. The van der Waals surface area contributed by atoms with Crippen molar-refractivity contribution < 1.29 is 9.53 Å². The van der Waals surface area contributed by atoms with E-state index in [9.17, 15) is 4.79 Å². The van der Waals surface area contributed by atoms with Gasteiger partial charge < -0.3 is 10.5 Å². The van der Waals surface area contributed by atoms with Crippen molar-refractivity contribution in [3.8, 4) is 0 Å². The van der Waals surface area contributed by atoms with Crippen molar-refractivity contribution in [2.75, 3.05) is 0 Å². The zero-order valence-corrected chi connectivity index (χ0v) is 6.06. The number of nitrogens with two attached hydrogens (primary N) is 1. The highest BCUT2D eigenvalue weighted by molar-refractivity contribution is 9.11. The summed E-state index contributed by atoms with van der Waals surface area (Å²) in [6.07, 6.45) is 0.426. The third kappa shape index (κ3) is 1.15. The maximum Gasteiger partial charge on any atom is 0.202 e. The first kappa shape index (κ1) is 6.39. The van der Waals surface area contributed by atoms with Crippen LogP contribution in [0.2, 0.25) is 0 Å². The Morgan fingerprint density at radius 2 is 2.44 bits per heavy atom. The van der Waals surface area contributed by atoms with Crippen LogP contribution in [-0.2, 0) is 9.53 Å². The minimum atomic E-state index is 0.236. The van der Waals surface area contributed by atoms with Gasteiger partial charge >= 0.3 is 0 Å². The maximum atomic E-state index is 9.91. The Morgan fingerprint density at radius 1 is 1.78 bits per heavy atom. The van der Waals surface area contributed by atoms with Gasteiger partial charge in [-0.25, -0.2) is 4.79 Å². The van der Waals surface area contributed by atoms with Gasteiger partial charge in [0.05, 0.1) is 10.9 Å². The van der Waals surface area contributed by atoms with Gasteiger partial charge in [0, 0.05) is 0 Å². The van der Waals surface area contributed by atoms with Gasteiger partial charge in [0.25, 0.3) is 0 Å². The lowest BCUT2D eigenvalue weighted by Crippen LogP contribution is -1.96. The molecule has 9 heavy (non-hydrogen) atoms. The van der Waals surface area contributed by atoms with E-state index >= 15 is 0 Å². The first-order chi connectivity index (χ1) is 4.24. The molecule has 0 aliphatic carbocycles. The normalized spacial score (nSPS) is 17.7. The smallest absolute Gasteiger partial charge is 0.202 e. The van der Waals surface area contributed by atoms with Gasteiger partial charge in [-0.15, -0.1) is 0 Å². The van der Waals surface area contributed by atoms with Crippen LogP contribution in [0.3, 0.4) is 0 Å². The molecule has 48 valence electrons. The molecule has 0 unspecified atom stereocenters. The summed E-state index contributed by atoms with van der Waals surface area (Å²) < 4.78 is 5.44. The van der Waals surface area contributed by atoms with Crippen LogP contribution in [0.1, 0.15) is 6.42 Å². The largest absolute Gasteiger partial charge is 0.433 e. The van der Waals surface area contributed by atoms with Crippen molar-refractivity contribution in [1.29, 1.82) is 0 Å². The van der Waals surface area contributed by atoms with Crippen LogP contribution in [0.25, 0.3) is 0 Å². The number of hydrogen-bond acceptors (Lipinski definition) is 3. The second kappa shape index (κ2) is 2.25. The van der Waals surface area contributed by atoms with Crippen LogP contribution in [-0.4, -0.2) is 5.94 Å².